The molecular weight excluding hydrogens is 148 g/mol. The first kappa shape index (κ1) is 9.74. The van der Waals surface area contributed by atoms with Gasteiger partial charge in [0.05, 0.1) is 6.61 Å². The second-order valence-electron chi connectivity index (χ2n) is 2.11. The molecule has 0 aliphatic carbocycles. The molecule has 2 N–H and O–H groups in total. The summed E-state index contributed by atoms with van der Waals surface area (Å²) < 4.78 is 4.43. The summed E-state index contributed by atoms with van der Waals surface area (Å²) >= 11 is 0. The normalized spacial score (nSPS) is 8.82. The Hall–Kier alpha value is -1.26. The number of nitrogens with two attached hydrogens (primary N) is 1. The molecule has 0 spiro atoms. The van der Waals surface area contributed by atoms with Crippen LogP contribution in [0, 0.1) is 0 Å². The van der Waals surface area contributed by atoms with Gasteiger partial charge in [0, 0.05) is 13.6 Å². The van der Waals surface area contributed by atoms with Crippen molar-refractivity contribution < 1.29 is 14.3 Å². The summed E-state index contributed by atoms with van der Waals surface area (Å²) in [7, 11) is 1.65. The second kappa shape index (κ2) is 5.52. The maximum Gasteiger partial charge on any atom is 0.404 e. The summed E-state index contributed by atoms with van der Waals surface area (Å²) in [6.07, 6.45) is 0.543. The molecule has 0 radical (unpaired) electrons. The number of nitrogens with zero attached hydrogens (tertiary/aromatic N) is 1. The zero-order valence-corrected chi connectivity index (χ0v) is 6.45. The van der Waals surface area contributed by atoms with Crippen molar-refractivity contribution in [2.75, 3.05) is 20.2 Å². The van der Waals surface area contributed by atoms with Gasteiger partial charge in [-0.25, -0.2) is 4.79 Å². The first-order valence-corrected chi connectivity index (χ1v) is 3.24. The van der Waals surface area contributed by atoms with E-state index < -0.39 is 6.09 Å². The molecule has 0 rings (SSSR count). The fraction of sp³-hybridized carbons (Fsp3) is 0.667. The molecule has 0 unspecified atom stereocenters. The molecule has 0 atom stereocenters. The molecule has 5 nitrogen and oxygen atoms in total. The molecule has 64 valence electrons. The lowest BCUT2D eigenvalue weighted by Crippen LogP contribution is -2.20. The summed E-state index contributed by atoms with van der Waals surface area (Å²) in [5.41, 5.74) is 4.70. The van der Waals surface area contributed by atoms with Gasteiger partial charge >= 0.3 is 6.09 Å². The van der Waals surface area contributed by atoms with Gasteiger partial charge in [0.1, 0.15) is 0 Å². The van der Waals surface area contributed by atoms with Crippen molar-refractivity contribution in [1.29, 1.82) is 0 Å². The zero-order valence-electron chi connectivity index (χ0n) is 6.45. The van der Waals surface area contributed by atoms with Crippen LogP contribution < -0.4 is 5.73 Å². The standard InChI is InChI=1S/C6H12N2O3/c1-8(5-9)3-2-4-11-6(7)10/h5H,2-4H2,1H3,(H2,7,10). The quantitative estimate of drug-likeness (QED) is 0.437. The van der Waals surface area contributed by atoms with Crippen molar-refractivity contribution >= 4 is 12.5 Å². The lowest BCUT2D eigenvalue weighted by molar-refractivity contribution is -0.117. The number of ether oxygens (including phenoxy) is 1. The van der Waals surface area contributed by atoms with Crippen LogP contribution in [0.4, 0.5) is 4.79 Å². The van der Waals surface area contributed by atoms with Crippen LogP contribution in [0.2, 0.25) is 0 Å². The number of rotatable bonds is 5. The topological polar surface area (TPSA) is 72.6 Å². The Bertz CT molecular complexity index is 138. The van der Waals surface area contributed by atoms with Gasteiger partial charge in [-0.15, -0.1) is 0 Å². The summed E-state index contributed by atoms with van der Waals surface area (Å²) in [6, 6.07) is 0. The highest BCUT2D eigenvalue weighted by Crippen LogP contribution is 1.84. The average Bonchev–Trinajstić information content (AvgIpc) is 1.97. The van der Waals surface area contributed by atoms with Gasteiger partial charge in [-0.1, -0.05) is 0 Å². The van der Waals surface area contributed by atoms with E-state index in [4.69, 9.17) is 5.73 Å². The lowest BCUT2D eigenvalue weighted by Gasteiger charge is -2.08. The lowest BCUT2D eigenvalue weighted by atomic mass is 10.4. The minimum Gasteiger partial charge on any atom is -0.450 e. The fourth-order valence-corrected chi connectivity index (χ4v) is 0.539. The van der Waals surface area contributed by atoms with Crippen LogP contribution in [0.25, 0.3) is 0 Å². The van der Waals surface area contributed by atoms with Crippen LogP contribution >= 0.6 is 0 Å². The van der Waals surface area contributed by atoms with Crippen LogP contribution in [0.5, 0.6) is 0 Å². The molecular formula is C6H12N2O3. The van der Waals surface area contributed by atoms with Gasteiger partial charge in [0.25, 0.3) is 0 Å². The summed E-state index contributed by atoms with van der Waals surface area (Å²) in [5, 5.41) is 0. The first-order valence-electron chi connectivity index (χ1n) is 3.24. The predicted molar refractivity (Wildman–Crippen MR) is 38.8 cm³/mol. The van der Waals surface area contributed by atoms with Gasteiger partial charge in [-0.2, -0.15) is 0 Å². The molecule has 0 aromatic heterocycles. The molecule has 0 aliphatic heterocycles. The summed E-state index contributed by atoms with van der Waals surface area (Å²) in [5.74, 6) is 0. The molecule has 0 heterocycles. The van der Waals surface area contributed by atoms with E-state index in [9.17, 15) is 9.59 Å². The Labute approximate surface area is 65.1 Å². The molecule has 2 amide bonds. The van der Waals surface area contributed by atoms with Crippen molar-refractivity contribution in [1.82, 2.24) is 4.90 Å². The van der Waals surface area contributed by atoms with Crippen molar-refractivity contribution in [2.45, 2.75) is 6.42 Å². The van der Waals surface area contributed by atoms with Crippen molar-refractivity contribution in [3.8, 4) is 0 Å². The minimum absolute atomic E-state index is 0.257. The first-order chi connectivity index (χ1) is 5.16. The Morgan fingerprint density at radius 1 is 1.73 bits per heavy atom. The third kappa shape index (κ3) is 6.63. The Morgan fingerprint density at radius 3 is 2.82 bits per heavy atom. The van der Waals surface area contributed by atoms with Gasteiger partial charge in [-0.3, -0.25) is 4.79 Å². The smallest absolute Gasteiger partial charge is 0.404 e. The highest BCUT2D eigenvalue weighted by Gasteiger charge is 1.95. The molecule has 0 fully saturated rings. The van der Waals surface area contributed by atoms with E-state index in [0.717, 1.165) is 0 Å². The van der Waals surface area contributed by atoms with Crippen molar-refractivity contribution in [3.05, 3.63) is 0 Å². The molecule has 0 bridgehead atoms. The van der Waals surface area contributed by atoms with E-state index in [1.807, 2.05) is 0 Å². The van der Waals surface area contributed by atoms with E-state index in [0.29, 0.717) is 19.4 Å². The van der Waals surface area contributed by atoms with E-state index in [1.54, 1.807) is 7.05 Å². The van der Waals surface area contributed by atoms with Gasteiger partial charge in [0.15, 0.2) is 0 Å². The van der Waals surface area contributed by atoms with E-state index in [2.05, 4.69) is 4.74 Å². The SMILES string of the molecule is CN(C=O)CCCOC(N)=O. The molecule has 0 aromatic carbocycles. The third-order valence-electron chi connectivity index (χ3n) is 1.08. The Kier molecular flexibility index (Phi) is 4.89. The predicted octanol–water partition coefficient (Wildman–Crippen LogP) is -0.440. The zero-order chi connectivity index (χ0) is 8.69. The molecule has 0 saturated heterocycles. The van der Waals surface area contributed by atoms with E-state index >= 15 is 0 Å². The van der Waals surface area contributed by atoms with Crippen LogP contribution in [0.15, 0.2) is 0 Å². The highest BCUT2D eigenvalue weighted by molar-refractivity contribution is 5.64. The van der Waals surface area contributed by atoms with Gasteiger partial charge in [0.2, 0.25) is 6.41 Å². The number of hydrogen-bond acceptors (Lipinski definition) is 3. The monoisotopic (exact) mass is 160 g/mol. The second-order valence-corrected chi connectivity index (χ2v) is 2.11. The molecule has 0 aliphatic rings. The van der Waals surface area contributed by atoms with Crippen LogP contribution in [0.1, 0.15) is 6.42 Å². The molecule has 0 aromatic rings. The summed E-state index contributed by atoms with van der Waals surface area (Å²) in [6.45, 7) is 0.824. The average molecular weight is 160 g/mol. The maximum absolute atomic E-state index is 10.0. The van der Waals surface area contributed by atoms with Crippen LogP contribution in [-0.2, 0) is 9.53 Å². The number of primary amides is 1. The number of carbonyl (C=O) groups excluding carboxylic acids is 2. The molecule has 5 heteroatoms. The number of carbonyl (C=O) groups is 2. The van der Waals surface area contributed by atoms with Crippen molar-refractivity contribution in [2.24, 2.45) is 5.73 Å². The highest BCUT2D eigenvalue weighted by atomic mass is 16.5. The fourth-order valence-electron chi connectivity index (χ4n) is 0.539. The Balaban J connectivity index is 3.14. The summed E-state index contributed by atoms with van der Waals surface area (Å²) in [4.78, 5) is 21.5. The number of hydrogen-bond donors (Lipinski definition) is 1. The van der Waals surface area contributed by atoms with E-state index in [-0.39, 0.29) is 6.61 Å². The number of amides is 2. The van der Waals surface area contributed by atoms with Gasteiger partial charge < -0.3 is 15.4 Å². The minimum atomic E-state index is -0.779. The maximum atomic E-state index is 10.0. The largest absolute Gasteiger partial charge is 0.450 e. The molecule has 0 saturated carbocycles. The van der Waals surface area contributed by atoms with Crippen LogP contribution in [0.3, 0.4) is 0 Å². The third-order valence-corrected chi connectivity index (χ3v) is 1.08. The molecule has 11 heavy (non-hydrogen) atoms. The Morgan fingerprint density at radius 2 is 2.36 bits per heavy atom. The van der Waals surface area contributed by atoms with Crippen molar-refractivity contribution in [3.63, 3.8) is 0 Å². The van der Waals surface area contributed by atoms with E-state index in [1.165, 1.54) is 4.90 Å². The van der Waals surface area contributed by atoms with Gasteiger partial charge in [-0.05, 0) is 6.42 Å². The van der Waals surface area contributed by atoms with Crippen LogP contribution in [-0.4, -0.2) is 37.6 Å².